The van der Waals surface area contributed by atoms with Gasteiger partial charge in [-0.05, 0) is 50.5 Å². The summed E-state index contributed by atoms with van der Waals surface area (Å²) in [5.74, 6) is 2.11. The zero-order valence-electron chi connectivity index (χ0n) is 20.0. The van der Waals surface area contributed by atoms with E-state index >= 15 is 0 Å². The first-order valence-corrected chi connectivity index (χ1v) is 12.9. The number of rotatable bonds is 8. The fourth-order valence-corrected chi connectivity index (χ4v) is 5.46. The Balaban J connectivity index is 1.39. The molecule has 0 bridgehead atoms. The van der Waals surface area contributed by atoms with Crippen molar-refractivity contribution in [2.45, 2.75) is 50.6 Å². The molecule has 1 amide bonds. The van der Waals surface area contributed by atoms with Crippen LogP contribution < -0.4 is 5.56 Å². The molecule has 1 aliphatic rings. The Bertz CT molecular complexity index is 1440. The van der Waals surface area contributed by atoms with E-state index in [2.05, 4.69) is 0 Å². The lowest BCUT2D eigenvalue weighted by molar-refractivity contribution is -0.127. The molecule has 0 saturated carbocycles. The van der Waals surface area contributed by atoms with Crippen molar-refractivity contribution in [3.05, 3.63) is 75.9 Å². The minimum absolute atomic E-state index is 0.0525. The van der Waals surface area contributed by atoms with Crippen molar-refractivity contribution in [2.24, 2.45) is 0 Å². The van der Waals surface area contributed by atoms with E-state index in [-0.39, 0.29) is 11.5 Å². The number of para-hydroxylation sites is 1. The molecule has 0 aliphatic carbocycles. The smallest absolute Gasteiger partial charge is 0.262 e. The van der Waals surface area contributed by atoms with Crippen LogP contribution in [0.25, 0.3) is 22.4 Å². The highest BCUT2D eigenvalue weighted by Gasteiger charge is 2.20. The molecular formula is C27H28N4O3S. The topological polar surface area (TPSA) is 81.2 Å². The van der Waals surface area contributed by atoms with Gasteiger partial charge in [0, 0.05) is 37.4 Å². The number of benzene rings is 2. The van der Waals surface area contributed by atoms with Gasteiger partial charge in [0.05, 0.1) is 16.6 Å². The van der Waals surface area contributed by atoms with Crippen molar-refractivity contribution >= 4 is 28.6 Å². The molecule has 4 aromatic rings. The van der Waals surface area contributed by atoms with Crippen molar-refractivity contribution < 1.29 is 9.21 Å². The first kappa shape index (κ1) is 23.4. The van der Waals surface area contributed by atoms with E-state index < -0.39 is 0 Å². The standard InChI is InChI=1S/C27H28N4O3S/c1-18-9-3-4-10-20(18)25-28-23(19(2)34-25)17-35-27-29-22-12-6-5-11-21(22)26(33)31(27)16-8-15-30-14-7-13-24(30)32/h3-6,9-12H,7-8,13-17H2,1-2H3. The lowest BCUT2D eigenvalue weighted by Crippen LogP contribution is -2.29. The van der Waals surface area contributed by atoms with E-state index in [9.17, 15) is 9.59 Å². The zero-order chi connectivity index (χ0) is 24.4. The van der Waals surface area contributed by atoms with Crippen LogP contribution in [-0.2, 0) is 17.1 Å². The molecule has 1 aliphatic heterocycles. The fraction of sp³-hybridized carbons (Fsp3) is 0.333. The first-order valence-electron chi connectivity index (χ1n) is 11.9. The number of carbonyl (C=O) groups excluding carboxylic acids is 1. The summed E-state index contributed by atoms with van der Waals surface area (Å²) in [6, 6.07) is 15.4. The van der Waals surface area contributed by atoms with Gasteiger partial charge < -0.3 is 9.32 Å². The van der Waals surface area contributed by atoms with Crippen molar-refractivity contribution in [1.29, 1.82) is 0 Å². The van der Waals surface area contributed by atoms with Gasteiger partial charge in [0.2, 0.25) is 11.8 Å². The van der Waals surface area contributed by atoms with Gasteiger partial charge in [-0.2, -0.15) is 0 Å². The number of hydrogen-bond acceptors (Lipinski definition) is 6. The van der Waals surface area contributed by atoms with Crippen LogP contribution in [0.2, 0.25) is 0 Å². The number of oxazole rings is 1. The van der Waals surface area contributed by atoms with E-state index in [1.807, 2.05) is 67.3 Å². The molecule has 35 heavy (non-hydrogen) atoms. The van der Waals surface area contributed by atoms with Crippen LogP contribution in [0.1, 0.15) is 36.3 Å². The summed E-state index contributed by atoms with van der Waals surface area (Å²) >= 11 is 1.49. The minimum atomic E-state index is -0.0525. The van der Waals surface area contributed by atoms with Crippen molar-refractivity contribution in [3.63, 3.8) is 0 Å². The largest absolute Gasteiger partial charge is 0.441 e. The molecule has 1 saturated heterocycles. The van der Waals surface area contributed by atoms with Crippen molar-refractivity contribution in [3.8, 4) is 11.5 Å². The van der Waals surface area contributed by atoms with Crippen molar-refractivity contribution in [2.75, 3.05) is 13.1 Å². The number of aryl methyl sites for hydroxylation is 2. The highest BCUT2D eigenvalue weighted by atomic mass is 32.2. The Kier molecular flexibility index (Phi) is 6.72. The molecule has 180 valence electrons. The van der Waals surface area contributed by atoms with Crippen LogP contribution in [0.4, 0.5) is 0 Å². The van der Waals surface area contributed by atoms with E-state index in [0.717, 1.165) is 35.5 Å². The van der Waals surface area contributed by atoms with Crippen LogP contribution in [0, 0.1) is 13.8 Å². The maximum atomic E-state index is 13.3. The molecule has 2 aromatic carbocycles. The van der Waals surface area contributed by atoms with Gasteiger partial charge in [-0.25, -0.2) is 9.97 Å². The minimum Gasteiger partial charge on any atom is -0.441 e. The van der Waals surface area contributed by atoms with E-state index in [1.165, 1.54) is 11.8 Å². The number of nitrogens with zero attached hydrogens (tertiary/aromatic N) is 4. The highest BCUT2D eigenvalue weighted by molar-refractivity contribution is 7.98. The van der Waals surface area contributed by atoms with Crippen molar-refractivity contribution in [1.82, 2.24) is 19.4 Å². The SMILES string of the molecule is Cc1ccccc1-c1nc(CSc2nc3ccccc3c(=O)n2CCCN2CCCC2=O)c(C)o1. The lowest BCUT2D eigenvalue weighted by Gasteiger charge is -2.17. The number of hydrogen-bond donors (Lipinski definition) is 0. The van der Waals surface area contributed by atoms with Gasteiger partial charge in [0.25, 0.3) is 5.56 Å². The van der Waals surface area contributed by atoms with Gasteiger partial charge >= 0.3 is 0 Å². The predicted octanol–water partition coefficient (Wildman–Crippen LogP) is 4.97. The van der Waals surface area contributed by atoms with Crippen LogP contribution in [0.15, 0.2) is 62.9 Å². The Morgan fingerprint density at radius 1 is 1.00 bits per heavy atom. The quantitative estimate of drug-likeness (QED) is 0.257. The third-order valence-electron chi connectivity index (χ3n) is 6.41. The molecule has 0 radical (unpaired) electrons. The second-order valence-corrected chi connectivity index (χ2v) is 9.77. The van der Waals surface area contributed by atoms with E-state index in [1.54, 1.807) is 4.57 Å². The number of fused-ring (bicyclic) bond motifs is 1. The highest BCUT2D eigenvalue weighted by Crippen LogP contribution is 2.29. The molecule has 7 nitrogen and oxygen atoms in total. The summed E-state index contributed by atoms with van der Waals surface area (Å²) in [7, 11) is 0. The summed E-state index contributed by atoms with van der Waals surface area (Å²) < 4.78 is 7.72. The fourth-order valence-electron chi connectivity index (χ4n) is 4.44. The summed E-state index contributed by atoms with van der Waals surface area (Å²) in [5, 5.41) is 1.26. The third-order valence-corrected chi connectivity index (χ3v) is 7.40. The van der Waals surface area contributed by atoms with Gasteiger partial charge in [-0.15, -0.1) is 0 Å². The molecule has 0 spiro atoms. The van der Waals surface area contributed by atoms with E-state index in [4.69, 9.17) is 14.4 Å². The zero-order valence-corrected chi connectivity index (χ0v) is 20.8. The second-order valence-electron chi connectivity index (χ2n) is 8.83. The lowest BCUT2D eigenvalue weighted by atomic mass is 10.1. The summed E-state index contributed by atoms with van der Waals surface area (Å²) in [6.07, 6.45) is 2.25. The summed E-state index contributed by atoms with van der Waals surface area (Å²) in [6.45, 7) is 5.93. The van der Waals surface area contributed by atoms with E-state index in [0.29, 0.717) is 53.6 Å². The van der Waals surface area contributed by atoms with Gasteiger partial charge in [0.15, 0.2) is 5.16 Å². The van der Waals surface area contributed by atoms with Crippen LogP contribution in [-0.4, -0.2) is 38.4 Å². The Morgan fingerprint density at radius 2 is 1.80 bits per heavy atom. The Morgan fingerprint density at radius 3 is 2.60 bits per heavy atom. The monoisotopic (exact) mass is 488 g/mol. The average Bonchev–Trinajstić information content (AvgIpc) is 3.44. The molecular weight excluding hydrogens is 460 g/mol. The average molecular weight is 489 g/mol. The predicted molar refractivity (Wildman–Crippen MR) is 137 cm³/mol. The number of amides is 1. The van der Waals surface area contributed by atoms with Crippen LogP contribution >= 0.6 is 11.8 Å². The molecule has 1 fully saturated rings. The molecule has 0 N–H and O–H groups in total. The summed E-state index contributed by atoms with van der Waals surface area (Å²) in [5.41, 5.74) is 3.55. The number of carbonyl (C=O) groups is 1. The third kappa shape index (κ3) is 4.89. The van der Waals surface area contributed by atoms with Gasteiger partial charge in [0.1, 0.15) is 5.76 Å². The second kappa shape index (κ2) is 10.1. The number of thioether (sulfide) groups is 1. The number of aromatic nitrogens is 3. The molecule has 2 aromatic heterocycles. The molecule has 0 unspecified atom stereocenters. The van der Waals surface area contributed by atoms with Gasteiger partial charge in [-0.1, -0.05) is 42.1 Å². The maximum absolute atomic E-state index is 13.3. The molecule has 8 heteroatoms. The maximum Gasteiger partial charge on any atom is 0.262 e. The Labute approximate surface area is 208 Å². The number of likely N-dealkylation sites (tertiary alicyclic amines) is 1. The molecule has 3 heterocycles. The molecule has 0 atom stereocenters. The van der Waals surface area contributed by atoms with Crippen LogP contribution in [0.3, 0.4) is 0 Å². The van der Waals surface area contributed by atoms with Gasteiger partial charge in [-0.3, -0.25) is 14.2 Å². The first-order chi connectivity index (χ1) is 17.0. The Hall–Kier alpha value is -3.39. The van der Waals surface area contributed by atoms with Crippen LogP contribution in [0.5, 0.6) is 0 Å². The normalized spacial score (nSPS) is 13.8. The summed E-state index contributed by atoms with van der Waals surface area (Å²) in [4.78, 5) is 36.8. The molecule has 5 rings (SSSR count).